The molecule has 0 radical (unpaired) electrons. The summed E-state index contributed by atoms with van der Waals surface area (Å²) in [6, 6.07) is 10.2. The molecule has 1 atom stereocenters. The molecule has 2 aromatic rings. The minimum atomic E-state index is -0.651. The zero-order valence-corrected chi connectivity index (χ0v) is 23.8. The van der Waals surface area contributed by atoms with E-state index in [2.05, 4.69) is 23.4 Å². The molecular weight excluding hydrogens is 482 g/mol. The molecule has 0 aromatic heterocycles. The molecule has 7 nitrogen and oxygen atoms in total. The SMILES string of the molecule is C=C/C=C(\C=C)CNC(=O)COc1ccc(C(N)c2ccc(OO)cc2[O-])cc1.CC.[Rb+]. The summed E-state index contributed by atoms with van der Waals surface area (Å²) in [6.07, 6.45) is 5.02. The summed E-state index contributed by atoms with van der Waals surface area (Å²) in [5, 5.41) is 23.4. The van der Waals surface area contributed by atoms with Crippen molar-refractivity contribution in [2.24, 2.45) is 5.73 Å². The monoisotopic (exact) mass is 510 g/mol. The number of benzene rings is 2. The summed E-state index contributed by atoms with van der Waals surface area (Å²) >= 11 is 0. The molecule has 0 fully saturated rings. The molecule has 0 saturated heterocycles. The second kappa shape index (κ2) is 16.8. The summed E-state index contributed by atoms with van der Waals surface area (Å²) in [5.74, 6) is -0.0727. The van der Waals surface area contributed by atoms with Gasteiger partial charge in [-0.3, -0.25) is 4.79 Å². The van der Waals surface area contributed by atoms with Crippen molar-refractivity contribution in [1.29, 1.82) is 0 Å². The first kappa shape index (κ1) is 30.3. The van der Waals surface area contributed by atoms with Crippen LogP contribution in [0, 0.1) is 0 Å². The molecule has 1 amide bonds. The number of amides is 1. The van der Waals surface area contributed by atoms with Crippen LogP contribution in [0.15, 0.2) is 79.4 Å². The van der Waals surface area contributed by atoms with Gasteiger partial charge in [-0.2, -0.15) is 0 Å². The van der Waals surface area contributed by atoms with E-state index in [4.69, 9.17) is 15.7 Å². The number of carbonyl (C=O) groups excluding carboxylic acids is 1. The summed E-state index contributed by atoms with van der Waals surface area (Å²) in [5.41, 5.74) is 8.06. The van der Waals surface area contributed by atoms with E-state index in [1.807, 2.05) is 13.8 Å². The van der Waals surface area contributed by atoms with Gasteiger partial charge in [0.15, 0.2) is 12.4 Å². The predicted octanol–water partition coefficient (Wildman–Crippen LogP) is 0.484. The molecule has 8 heteroatoms. The van der Waals surface area contributed by atoms with E-state index in [0.29, 0.717) is 23.4 Å². The molecule has 166 valence electrons. The van der Waals surface area contributed by atoms with Gasteiger partial charge in [0, 0.05) is 6.54 Å². The molecule has 0 spiro atoms. The Kier molecular flexibility index (Phi) is 15.9. The minimum Gasteiger partial charge on any atom is -0.872 e. The fraction of sp³-hybridized carbons (Fsp3) is 0.208. The van der Waals surface area contributed by atoms with Crippen LogP contribution in [0.3, 0.4) is 0 Å². The molecule has 0 aliphatic heterocycles. The van der Waals surface area contributed by atoms with Gasteiger partial charge in [0.05, 0.1) is 6.04 Å². The van der Waals surface area contributed by atoms with Crippen LogP contribution in [0.25, 0.3) is 0 Å². The maximum absolute atomic E-state index is 12.1. The van der Waals surface area contributed by atoms with Gasteiger partial charge < -0.3 is 25.8 Å². The van der Waals surface area contributed by atoms with Gasteiger partial charge in [0.1, 0.15) is 5.75 Å². The summed E-state index contributed by atoms with van der Waals surface area (Å²) in [4.78, 5) is 15.9. The van der Waals surface area contributed by atoms with Crippen molar-refractivity contribution < 1.29 is 83.0 Å². The standard InChI is InChI=1S/C22H24N2O5.C2H6.Rb/c1-3-5-15(4-2)13-24-21(26)14-28-17-8-6-16(7-9-17)22(23)19-11-10-18(29-27)12-20(19)25;1-2;/h3-12,22,25,27H,1-2,13-14,23H2,(H,24,26);1-2H3;/q;;+1/p-1/b15-5+;;. The molecule has 2 rings (SSSR count). The molecule has 0 heterocycles. The Labute approximate surface area is 238 Å². The number of ether oxygens (including phenoxy) is 1. The third-order valence-electron chi connectivity index (χ3n) is 4.12. The number of allylic oxidation sites excluding steroid dienone is 2. The van der Waals surface area contributed by atoms with Gasteiger partial charge in [-0.05, 0) is 41.0 Å². The first-order valence-corrected chi connectivity index (χ1v) is 9.80. The topological polar surface area (TPSA) is 117 Å². The van der Waals surface area contributed by atoms with Crippen molar-refractivity contribution in [2.45, 2.75) is 19.9 Å². The zero-order valence-electron chi connectivity index (χ0n) is 18.8. The molecule has 4 N–H and O–H groups in total. The van der Waals surface area contributed by atoms with E-state index < -0.39 is 6.04 Å². The Balaban J connectivity index is 0.00000311. The second-order valence-electron chi connectivity index (χ2n) is 6.08. The van der Waals surface area contributed by atoms with E-state index in [0.717, 1.165) is 11.6 Å². The number of nitrogens with one attached hydrogen (secondary N) is 1. The summed E-state index contributed by atoms with van der Waals surface area (Å²) < 4.78 is 5.46. The maximum Gasteiger partial charge on any atom is 1.00 e. The zero-order chi connectivity index (χ0) is 23.2. The van der Waals surface area contributed by atoms with Crippen LogP contribution in [0.4, 0.5) is 0 Å². The molecule has 1 unspecified atom stereocenters. The average Bonchev–Trinajstić information content (AvgIpc) is 2.81. The first-order chi connectivity index (χ1) is 15.0. The summed E-state index contributed by atoms with van der Waals surface area (Å²) in [6.45, 7) is 11.5. The number of hydrogen-bond donors (Lipinski definition) is 3. The number of carbonyl (C=O) groups is 1. The van der Waals surface area contributed by atoms with Crippen molar-refractivity contribution in [1.82, 2.24) is 5.32 Å². The normalized spacial score (nSPS) is 11.1. The third kappa shape index (κ3) is 9.81. The fourth-order valence-electron chi connectivity index (χ4n) is 2.53. The molecule has 2 aromatic carbocycles. The van der Waals surface area contributed by atoms with Crippen LogP contribution in [0.5, 0.6) is 17.2 Å². The van der Waals surface area contributed by atoms with Crippen molar-refractivity contribution >= 4 is 5.91 Å². The van der Waals surface area contributed by atoms with Crippen LogP contribution >= 0.6 is 0 Å². The van der Waals surface area contributed by atoms with Crippen LogP contribution in [0.2, 0.25) is 0 Å². The third-order valence-corrected chi connectivity index (χ3v) is 4.12. The van der Waals surface area contributed by atoms with Gasteiger partial charge >= 0.3 is 58.2 Å². The van der Waals surface area contributed by atoms with Crippen molar-refractivity contribution in [3.8, 4) is 17.2 Å². The molecule has 0 saturated carbocycles. The van der Waals surface area contributed by atoms with Gasteiger partial charge in [-0.1, -0.05) is 69.2 Å². The average molecular weight is 511 g/mol. The van der Waals surface area contributed by atoms with Crippen molar-refractivity contribution in [3.05, 3.63) is 90.6 Å². The van der Waals surface area contributed by atoms with Crippen LogP contribution in [-0.2, 0) is 4.79 Å². The van der Waals surface area contributed by atoms with Crippen LogP contribution < -0.4 is 84.0 Å². The van der Waals surface area contributed by atoms with Gasteiger partial charge in [-0.25, -0.2) is 5.26 Å². The van der Waals surface area contributed by atoms with E-state index in [1.54, 1.807) is 42.5 Å². The molecule has 32 heavy (non-hydrogen) atoms. The molecule has 0 aliphatic carbocycles. The number of hydrogen-bond acceptors (Lipinski definition) is 6. The Bertz CT molecular complexity index is 898. The Hall–Kier alpha value is -1.74. The van der Waals surface area contributed by atoms with E-state index >= 15 is 0 Å². The van der Waals surface area contributed by atoms with E-state index in [1.165, 1.54) is 12.1 Å². The quantitative estimate of drug-likeness (QED) is 0.243. The Morgan fingerprint density at radius 1 is 1.19 bits per heavy atom. The number of nitrogens with two attached hydrogens (primary N) is 1. The van der Waals surface area contributed by atoms with Crippen LogP contribution in [-0.4, -0.2) is 24.3 Å². The van der Waals surface area contributed by atoms with Crippen molar-refractivity contribution in [3.63, 3.8) is 0 Å². The van der Waals surface area contributed by atoms with Crippen molar-refractivity contribution in [2.75, 3.05) is 13.2 Å². The van der Waals surface area contributed by atoms with Gasteiger partial charge in [0.25, 0.3) is 5.91 Å². The van der Waals surface area contributed by atoms with Crippen LogP contribution in [0.1, 0.15) is 31.0 Å². The molecule has 0 bridgehead atoms. The Morgan fingerprint density at radius 2 is 1.81 bits per heavy atom. The number of rotatable bonds is 10. The maximum atomic E-state index is 12.1. The van der Waals surface area contributed by atoms with E-state index in [-0.39, 0.29) is 82.2 Å². The van der Waals surface area contributed by atoms with Gasteiger partial charge in [0.2, 0.25) is 0 Å². The largest absolute Gasteiger partial charge is 1.00 e. The second-order valence-corrected chi connectivity index (χ2v) is 6.08. The smallest absolute Gasteiger partial charge is 0.872 e. The molecular formula is C24H29N2O5Rb. The minimum absolute atomic E-state index is 0. The van der Waals surface area contributed by atoms with Gasteiger partial charge in [-0.15, -0.1) is 0 Å². The Morgan fingerprint density at radius 3 is 2.34 bits per heavy atom. The first-order valence-electron chi connectivity index (χ1n) is 9.80. The predicted molar refractivity (Wildman–Crippen MR) is 120 cm³/mol. The molecule has 0 aliphatic rings. The summed E-state index contributed by atoms with van der Waals surface area (Å²) in [7, 11) is 0. The fourth-order valence-corrected chi connectivity index (χ4v) is 2.53. The van der Waals surface area contributed by atoms with E-state index in [9.17, 15) is 9.90 Å².